The lowest BCUT2D eigenvalue weighted by Gasteiger charge is -2.05. The summed E-state index contributed by atoms with van der Waals surface area (Å²) in [4.78, 5) is 11.8. The van der Waals surface area contributed by atoms with Crippen LogP contribution in [0.25, 0.3) is 0 Å². The minimum atomic E-state index is -0.151. The van der Waals surface area contributed by atoms with Crippen molar-refractivity contribution in [3.05, 3.63) is 35.7 Å². The predicted molar refractivity (Wildman–Crippen MR) is 79.4 cm³/mol. The van der Waals surface area contributed by atoms with Gasteiger partial charge < -0.3 is 15.6 Å². The Bertz CT molecular complexity index is 673. The van der Waals surface area contributed by atoms with E-state index in [1.54, 1.807) is 28.8 Å². The van der Waals surface area contributed by atoms with E-state index in [2.05, 4.69) is 15.5 Å². The van der Waals surface area contributed by atoms with Gasteiger partial charge in [0, 0.05) is 12.7 Å². The zero-order valence-electron chi connectivity index (χ0n) is 11.4. The lowest BCUT2D eigenvalue weighted by molar-refractivity contribution is -0.113. The maximum Gasteiger partial charge on any atom is 0.234 e. The molecule has 0 atom stereocenters. The molecule has 1 aromatic carbocycles. The summed E-state index contributed by atoms with van der Waals surface area (Å²) in [5.41, 5.74) is 6.72. The average Bonchev–Trinajstić information content (AvgIpc) is 2.86. The van der Waals surface area contributed by atoms with Crippen LogP contribution in [0, 0.1) is 11.3 Å². The third-order valence-corrected chi connectivity index (χ3v) is 3.76. The Morgan fingerprint density at radius 3 is 2.71 bits per heavy atom. The first-order valence-corrected chi connectivity index (χ1v) is 7.13. The number of amides is 1. The van der Waals surface area contributed by atoms with Gasteiger partial charge in [0.05, 0.1) is 23.9 Å². The van der Waals surface area contributed by atoms with E-state index < -0.39 is 0 Å². The molecule has 0 unspecified atom stereocenters. The number of nitriles is 1. The monoisotopic (exact) mass is 302 g/mol. The zero-order valence-corrected chi connectivity index (χ0v) is 12.2. The lowest BCUT2D eigenvalue weighted by atomic mass is 10.2. The van der Waals surface area contributed by atoms with Crippen LogP contribution in [-0.4, -0.2) is 26.4 Å². The van der Waals surface area contributed by atoms with E-state index in [1.165, 1.54) is 11.8 Å². The van der Waals surface area contributed by atoms with Crippen molar-refractivity contribution in [2.45, 2.75) is 11.7 Å². The number of rotatable bonds is 5. The molecule has 0 aliphatic carbocycles. The highest BCUT2D eigenvalue weighted by Gasteiger charge is 2.10. The molecule has 108 valence electrons. The van der Waals surface area contributed by atoms with Crippen LogP contribution in [0.3, 0.4) is 0 Å². The van der Waals surface area contributed by atoms with Crippen LogP contribution >= 0.6 is 11.8 Å². The summed E-state index contributed by atoms with van der Waals surface area (Å²) in [6.07, 6.45) is 0. The molecule has 7 nitrogen and oxygen atoms in total. The molecule has 1 heterocycles. The molecule has 0 aliphatic rings. The predicted octanol–water partition coefficient (Wildman–Crippen LogP) is 0.876. The minimum Gasteiger partial charge on any atom is -0.325 e. The van der Waals surface area contributed by atoms with Gasteiger partial charge in [-0.05, 0) is 24.3 Å². The summed E-state index contributed by atoms with van der Waals surface area (Å²) in [5, 5.41) is 20.0. The lowest BCUT2D eigenvalue weighted by Crippen LogP contribution is -2.14. The number of nitrogens with two attached hydrogens (primary N) is 1. The fourth-order valence-electron chi connectivity index (χ4n) is 1.60. The topological polar surface area (TPSA) is 110 Å². The van der Waals surface area contributed by atoms with Gasteiger partial charge in [0.2, 0.25) is 5.91 Å². The second-order valence-corrected chi connectivity index (χ2v) is 5.13. The maximum absolute atomic E-state index is 11.8. The van der Waals surface area contributed by atoms with Gasteiger partial charge in [-0.1, -0.05) is 11.8 Å². The molecule has 8 heteroatoms. The van der Waals surface area contributed by atoms with Crippen molar-refractivity contribution >= 4 is 23.4 Å². The Morgan fingerprint density at radius 1 is 1.43 bits per heavy atom. The smallest absolute Gasteiger partial charge is 0.234 e. The van der Waals surface area contributed by atoms with Crippen molar-refractivity contribution in [2.75, 3.05) is 11.1 Å². The Balaban J connectivity index is 1.89. The molecular weight excluding hydrogens is 288 g/mol. The Kier molecular flexibility index (Phi) is 4.92. The molecule has 0 saturated heterocycles. The van der Waals surface area contributed by atoms with Crippen LogP contribution < -0.4 is 11.1 Å². The van der Waals surface area contributed by atoms with E-state index in [9.17, 15) is 4.79 Å². The number of hydrogen-bond donors (Lipinski definition) is 2. The number of carbonyl (C=O) groups excluding carboxylic acids is 1. The average molecular weight is 302 g/mol. The number of anilines is 1. The molecule has 2 rings (SSSR count). The first-order chi connectivity index (χ1) is 10.1. The summed E-state index contributed by atoms with van der Waals surface area (Å²) in [6, 6.07) is 8.71. The second-order valence-electron chi connectivity index (χ2n) is 4.19. The number of nitrogens with zero attached hydrogens (tertiary/aromatic N) is 4. The van der Waals surface area contributed by atoms with Crippen LogP contribution in [0.15, 0.2) is 29.4 Å². The standard InChI is InChI=1S/C13H14N6OS/c1-19-11(7-15)17-18-13(19)21-8-12(20)16-10-4-2-9(6-14)3-5-10/h2-5H,7-8,15H2,1H3,(H,16,20). The van der Waals surface area contributed by atoms with E-state index >= 15 is 0 Å². The highest BCUT2D eigenvalue weighted by molar-refractivity contribution is 7.99. The largest absolute Gasteiger partial charge is 0.325 e. The summed E-state index contributed by atoms with van der Waals surface area (Å²) < 4.78 is 1.76. The Hall–Kier alpha value is -2.37. The van der Waals surface area contributed by atoms with Crippen LogP contribution in [-0.2, 0) is 18.4 Å². The summed E-state index contributed by atoms with van der Waals surface area (Å²) in [6.45, 7) is 0.307. The molecule has 0 fully saturated rings. The van der Waals surface area contributed by atoms with E-state index in [0.29, 0.717) is 28.8 Å². The molecule has 21 heavy (non-hydrogen) atoms. The van der Waals surface area contributed by atoms with Gasteiger partial charge in [0.1, 0.15) is 5.82 Å². The quantitative estimate of drug-likeness (QED) is 0.793. The van der Waals surface area contributed by atoms with E-state index in [0.717, 1.165) is 0 Å². The molecular formula is C13H14N6OS. The fraction of sp³-hybridized carbons (Fsp3) is 0.231. The SMILES string of the molecule is Cn1c(CN)nnc1SCC(=O)Nc1ccc(C#N)cc1. The van der Waals surface area contributed by atoms with Crippen molar-refractivity contribution in [1.82, 2.24) is 14.8 Å². The van der Waals surface area contributed by atoms with Crippen molar-refractivity contribution in [1.29, 1.82) is 5.26 Å². The van der Waals surface area contributed by atoms with E-state index in [1.807, 2.05) is 13.1 Å². The van der Waals surface area contributed by atoms with Crippen molar-refractivity contribution in [3.63, 3.8) is 0 Å². The van der Waals surface area contributed by atoms with Gasteiger partial charge in [0.25, 0.3) is 0 Å². The first kappa shape index (κ1) is 15.0. The number of nitrogens with one attached hydrogen (secondary N) is 1. The molecule has 3 N–H and O–H groups in total. The van der Waals surface area contributed by atoms with Gasteiger partial charge in [-0.2, -0.15) is 5.26 Å². The maximum atomic E-state index is 11.8. The van der Waals surface area contributed by atoms with Crippen molar-refractivity contribution < 1.29 is 4.79 Å². The van der Waals surface area contributed by atoms with Gasteiger partial charge in [-0.3, -0.25) is 4.79 Å². The van der Waals surface area contributed by atoms with Gasteiger partial charge in [0.15, 0.2) is 5.16 Å². The normalized spacial score (nSPS) is 10.1. The number of carbonyl (C=O) groups is 1. The minimum absolute atomic E-state index is 0.151. The summed E-state index contributed by atoms with van der Waals surface area (Å²) in [5.74, 6) is 0.739. The molecule has 1 amide bonds. The molecule has 0 aliphatic heterocycles. The number of thioether (sulfide) groups is 1. The van der Waals surface area contributed by atoms with Gasteiger partial charge >= 0.3 is 0 Å². The molecule has 0 radical (unpaired) electrons. The van der Waals surface area contributed by atoms with Crippen LogP contribution in [0.2, 0.25) is 0 Å². The third kappa shape index (κ3) is 3.81. The van der Waals surface area contributed by atoms with Gasteiger partial charge in [-0.25, -0.2) is 0 Å². The summed E-state index contributed by atoms with van der Waals surface area (Å²) >= 11 is 1.29. The van der Waals surface area contributed by atoms with E-state index in [4.69, 9.17) is 11.0 Å². The second kappa shape index (κ2) is 6.88. The molecule has 1 aromatic heterocycles. The fourth-order valence-corrected chi connectivity index (χ4v) is 2.33. The molecule has 0 saturated carbocycles. The van der Waals surface area contributed by atoms with Gasteiger partial charge in [-0.15, -0.1) is 10.2 Å². The summed E-state index contributed by atoms with van der Waals surface area (Å²) in [7, 11) is 1.81. The van der Waals surface area contributed by atoms with Crippen molar-refractivity contribution in [2.24, 2.45) is 12.8 Å². The van der Waals surface area contributed by atoms with Crippen molar-refractivity contribution in [3.8, 4) is 6.07 Å². The number of aromatic nitrogens is 3. The van der Waals surface area contributed by atoms with Crippen LogP contribution in [0.5, 0.6) is 0 Å². The zero-order chi connectivity index (χ0) is 15.2. The number of benzene rings is 1. The third-order valence-electron chi connectivity index (χ3n) is 2.74. The van der Waals surface area contributed by atoms with Crippen LogP contribution in [0.1, 0.15) is 11.4 Å². The Morgan fingerprint density at radius 2 is 2.14 bits per heavy atom. The van der Waals surface area contributed by atoms with Crippen LogP contribution in [0.4, 0.5) is 5.69 Å². The molecule has 0 bridgehead atoms. The molecule has 0 spiro atoms. The highest BCUT2D eigenvalue weighted by Crippen LogP contribution is 2.16. The van der Waals surface area contributed by atoms with E-state index in [-0.39, 0.29) is 11.7 Å². The Labute approximate surface area is 126 Å². The number of hydrogen-bond acceptors (Lipinski definition) is 6. The first-order valence-electron chi connectivity index (χ1n) is 6.15. The highest BCUT2D eigenvalue weighted by atomic mass is 32.2. The molecule has 2 aromatic rings.